The van der Waals surface area contributed by atoms with Gasteiger partial charge in [-0.2, -0.15) is 0 Å². The lowest BCUT2D eigenvalue weighted by Crippen LogP contribution is -2.18. The largest absolute Gasteiger partial charge is 0.328 e. The Morgan fingerprint density at radius 1 is 1.58 bits per heavy atom. The molecule has 0 aromatic carbocycles. The van der Waals surface area contributed by atoms with E-state index in [0.29, 0.717) is 5.02 Å². The molecule has 0 aliphatic heterocycles. The second-order valence-electron chi connectivity index (χ2n) is 3.05. The van der Waals surface area contributed by atoms with Gasteiger partial charge in [-0.25, -0.2) is 0 Å². The molecule has 0 fully saturated rings. The molecule has 0 spiro atoms. The fourth-order valence-corrected chi connectivity index (χ4v) is 1.14. The minimum Gasteiger partial charge on any atom is -0.328 e. The van der Waals surface area contributed by atoms with Crippen molar-refractivity contribution in [1.82, 2.24) is 4.98 Å². The van der Waals surface area contributed by atoms with E-state index in [1.165, 1.54) is 0 Å². The second-order valence-corrected chi connectivity index (χ2v) is 3.46. The van der Waals surface area contributed by atoms with Crippen LogP contribution in [0.25, 0.3) is 0 Å². The Bertz CT molecular complexity index is 271. The van der Waals surface area contributed by atoms with Crippen molar-refractivity contribution in [2.45, 2.75) is 26.3 Å². The molecule has 1 atom stereocenters. The van der Waals surface area contributed by atoms with Crippen LogP contribution < -0.4 is 5.73 Å². The molecule has 1 unspecified atom stereocenters. The average molecular weight is 185 g/mol. The van der Waals surface area contributed by atoms with E-state index in [2.05, 4.69) is 4.98 Å². The zero-order valence-electron chi connectivity index (χ0n) is 7.34. The summed E-state index contributed by atoms with van der Waals surface area (Å²) < 4.78 is 0. The predicted molar refractivity (Wildman–Crippen MR) is 51.3 cm³/mol. The standard InChI is InChI=1S/C9H13ClN2/c1-6(11)5-8-3-4-9(10)7(2)12-8/h3-4,6H,5,11H2,1-2H3. The number of rotatable bonds is 2. The molecule has 0 bridgehead atoms. The van der Waals surface area contributed by atoms with E-state index in [0.717, 1.165) is 17.8 Å². The summed E-state index contributed by atoms with van der Waals surface area (Å²) in [6, 6.07) is 3.93. The van der Waals surface area contributed by atoms with E-state index < -0.39 is 0 Å². The predicted octanol–water partition coefficient (Wildman–Crippen LogP) is 1.93. The van der Waals surface area contributed by atoms with E-state index >= 15 is 0 Å². The maximum absolute atomic E-state index is 5.82. The molecule has 1 aromatic rings. The zero-order chi connectivity index (χ0) is 9.14. The zero-order valence-corrected chi connectivity index (χ0v) is 8.10. The van der Waals surface area contributed by atoms with Crippen molar-refractivity contribution >= 4 is 11.6 Å². The number of nitrogens with two attached hydrogens (primary N) is 1. The van der Waals surface area contributed by atoms with E-state index in [9.17, 15) is 0 Å². The van der Waals surface area contributed by atoms with Crippen LogP contribution in [0.3, 0.4) is 0 Å². The smallest absolute Gasteiger partial charge is 0.0618 e. The summed E-state index contributed by atoms with van der Waals surface area (Å²) in [5.41, 5.74) is 7.52. The molecule has 66 valence electrons. The minimum absolute atomic E-state index is 0.151. The number of aryl methyl sites for hydroxylation is 1. The third-order valence-corrected chi connectivity index (χ3v) is 2.01. The third kappa shape index (κ3) is 2.47. The average Bonchev–Trinajstić information content (AvgIpc) is 1.96. The van der Waals surface area contributed by atoms with Crippen molar-refractivity contribution in [3.8, 4) is 0 Å². The van der Waals surface area contributed by atoms with Gasteiger partial charge in [0.25, 0.3) is 0 Å². The highest BCUT2D eigenvalue weighted by Crippen LogP contribution is 2.13. The SMILES string of the molecule is Cc1nc(CC(C)N)ccc1Cl. The van der Waals surface area contributed by atoms with Crippen molar-refractivity contribution < 1.29 is 0 Å². The Balaban J connectivity index is 2.82. The summed E-state index contributed by atoms with van der Waals surface area (Å²) in [6.07, 6.45) is 0.804. The van der Waals surface area contributed by atoms with Gasteiger partial charge in [0.2, 0.25) is 0 Å². The first-order valence-corrected chi connectivity index (χ1v) is 4.35. The molecular weight excluding hydrogens is 172 g/mol. The third-order valence-electron chi connectivity index (χ3n) is 1.61. The molecule has 1 heterocycles. The highest BCUT2D eigenvalue weighted by Gasteiger charge is 2.01. The van der Waals surface area contributed by atoms with Crippen molar-refractivity contribution in [3.63, 3.8) is 0 Å². The summed E-state index contributed by atoms with van der Waals surface area (Å²) in [7, 11) is 0. The molecule has 0 aliphatic rings. The van der Waals surface area contributed by atoms with Crippen LogP contribution in [0.2, 0.25) is 5.02 Å². The first kappa shape index (κ1) is 9.49. The molecule has 0 saturated heterocycles. The maximum Gasteiger partial charge on any atom is 0.0618 e. The van der Waals surface area contributed by atoms with Crippen molar-refractivity contribution in [1.29, 1.82) is 0 Å². The number of aromatic nitrogens is 1. The lowest BCUT2D eigenvalue weighted by molar-refractivity contribution is 0.720. The maximum atomic E-state index is 5.82. The van der Waals surface area contributed by atoms with Gasteiger partial charge in [-0.05, 0) is 26.0 Å². The summed E-state index contributed by atoms with van der Waals surface area (Å²) >= 11 is 5.82. The van der Waals surface area contributed by atoms with Crippen LogP contribution >= 0.6 is 11.6 Å². The number of nitrogens with zero attached hydrogens (tertiary/aromatic N) is 1. The molecule has 0 amide bonds. The molecular formula is C9H13ClN2. The highest BCUT2D eigenvalue weighted by molar-refractivity contribution is 6.31. The monoisotopic (exact) mass is 184 g/mol. The van der Waals surface area contributed by atoms with Crippen LogP contribution in [-0.4, -0.2) is 11.0 Å². The first-order chi connectivity index (χ1) is 5.59. The second kappa shape index (κ2) is 3.87. The Hall–Kier alpha value is -0.600. The molecule has 1 aromatic heterocycles. The Morgan fingerprint density at radius 3 is 2.75 bits per heavy atom. The number of pyridine rings is 1. The molecule has 1 rings (SSSR count). The number of hydrogen-bond donors (Lipinski definition) is 1. The van der Waals surface area contributed by atoms with Crippen LogP contribution in [0.4, 0.5) is 0 Å². The molecule has 0 aliphatic carbocycles. The normalized spacial score (nSPS) is 13.0. The fraction of sp³-hybridized carbons (Fsp3) is 0.444. The summed E-state index contributed by atoms with van der Waals surface area (Å²) in [4.78, 5) is 4.30. The van der Waals surface area contributed by atoms with Gasteiger partial charge < -0.3 is 5.73 Å². The van der Waals surface area contributed by atoms with Crippen LogP contribution in [0.5, 0.6) is 0 Å². The van der Waals surface area contributed by atoms with Crippen LogP contribution in [-0.2, 0) is 6.42 Å². The van der Waals surface area contributed by atoms with Gasteiger partial charge >= 0.3 is 0 Å². The minimum atomic E-state index is 0.151. The molecule has 0 radical (unpaired) electrons. The van der Waals surface area contributed by atoms with Gasteiger partial charge in [0, 0.05) is 18.2 Å². The van der Waals surface area contributed by atoms with Gasteiger partial charge in [-0.3, -0.25) is 4.98 Å². The molecule has 2 nitrogen and oxygen atoms in total. The lowest BCUT2D eigenvalue weighted by Gasteiger charge is -2.05. The summed E-state index contributed by atoms with van der Waals surface area (Å²) in [5, 5.41) is 0.712. The Labute approximate surface area is 77.8 Å². The van der Waals surface area contributed by atoms with Crippen molar-refractivity contribution in [2.24, 2.45) is 5.73 Å². The molecule has 3 heteroatoms. The van der Waals surface area contributed by atoms with E-state index in [-0.39, 0.29) is 6.04 Å². The van der Waals surface area contributed by atoms with Gasteiger partial charge in [-0.1, -0.05) is 11.6 Å². The van der Waals surface area contributed by atoms with Gasteiger partial charge in [-0.15, -0.1) is 0 Å². The molecule has 2 N–H and O–H groups in total. The Kier molecular flexibility index (Phi) is 3.06. The lowest BCUT2D eigenvalue weighted by atomic mass is 10.2. The quantitative estimate of drug-likeness (QED) is 0.763. The van der Waals surface area contributed by atoms with Crippen LogP contribution in [0.1, 0.15) is 18.3 Å². The first-order valence-electron chi connectivity index (χ1n) is 3.97. The summed E-state index contributed by atoms with van der Waals surface area (Å²) in [5.74, 6) is 0. The van der Waals surface area contributed by atoms with Gasteiger partial charge in [0.05, 0.1) is 10.7 Å². The topological polar surface area (TPSA) is 38.9 Å². The number of halogens is 1. The van der Waals surface area contributed by atoms with E-state index in [1.54, 1.807) is 0 Å². The van der Waals surface area contributed by atoms with Crippen molar-refractivity contribution in [2.75, 3.05) is 0 Å². The Morgan fingerprint density at radius 2 is 2.25 bits per heavy atom. The van der Waals surface area contributed by atoms with Crippen molar-refractivity contribution in [3.05, 3.63) is 28.5 Å². The molecule has 12 heavy (non-hydrogen) atoms. The van der Waals surface area contributed by atoms with E-state index in [4.69, 9.17) is 17.3 Å². The number of hydrogen-bond acceptors (Lipinski definition) is 2. The summed E-state index contributed by atoms with van der Waals surface area (Å²) in [6.45, 7) is 3.86. The van der Waals surface area contributed by atoms with E-state index in [1.807, 2.05) is 26.0 Å². The van der Waals surface area contributed by atoms with Crippen LogP contribution in [0.15, 0.2) is 12.1 Å². The highest BCUT2D eigenvalue weighted by atomic mass is 35.5. The molecule has 0 saturated carbocycles. The van der Waals surface area contributed by atoms with Gasteiger partial charge in [0.15, 0.2) is 0 Å². The van der Waals surface area contributed by atoms with Gasteiger partial charge in [0.1, 0.15) is 0 Å². The fourth-order valence-electron chi connectivity index (χ4n) is 1.04. The van der Waals surface area contributed by atoms with Crippen LogP contribution in [0, 0.1) is 6.92 Å².